The van der Waals surface area contributed by atoms with E-state index in [2.05, 4.69) is 16.0 Å². The lowest BCUT2D eigenvalue weighted by Gasteiger charge is -2.47. The number of piperidine rings is 1. The highest BCUT2D eigenvalue weighted by Gasteiger charge is 2.42. The summed E-state index contributed by atoms with van der Waals surface area (Å²) in [5.41, 5.74) is 1.85. The average molecular weight is 337 g/mol. The van der Waals surface area contributed by atoms with Gasteiger partial charge in [0.1, 0.15) is 6.61 Å². The van der Waals surface area contributed by atoms with E-state index in [0.29, 0.717) is 6.54 Å². The topological polar surface area (TPSA) is 45.7 Å². The van der Waals surface area contributed by atoms with Gasteiger partial charge in [-0.05, 0) is 37.1 Å². The number of morpholine rings is 1. The maximum atomic E-state index is 12.3. The first-order valence-electron chi connectivity index (χ1n) is 8.86. The molecule has 5 nitrogen and oxygen atoms in total. The van der Waals surface area contributed by atoms with Crippen molar-refractivity contribution >= 4 is 11.6 Å². The maximum absolute atomic E-state index is 12.3. The van der Waals surface area contributed by atoms with E-state index in [0.717, 1.165) is 43.9 Å². The molecular weight excluding hydrogens is 314 g/mol. The van der Waals surface area contributed by atoms with Crippen LogP contribution in [0, 0.1) is 0 Å². The van der Waals surface area contributed by atoms with Gasteiger partial charge in [0, 0.05) is 31.5 Å². The SMILES string of the molecule is O=C1COC2(CCN(Cc3ccccn3)CC2)CN1c1ccccc1. The van der Waals surface area contributed by atoms with Crippen LogP contribution in [-0.4, -0.2) is 47.6 Å². The highest BCUT2D eigenvalue weighted by molar-refractivity contribution is 5.95. The van der Waals surface area contributed by atoms with E-state index in [1.807, 2.05) is 53.6 Å². The number of carbonyl (C=O) groups excluding carboxylic acids is 1. The highest BCUT2D eigenvalue weighted by Crippen LogP contribution is 2.33. The number of aromatic nitrogens is 1. The Kier molecular flexibility index (Phi) is 4.51. The summed E-state index contributed by atoms with van der Waals surface area (Å²) in [6.07, 6.45) is 3.72. The van der Waals surface area contributed by atoms with Crippen LogP contribution < -0.4 is 4.90 Å². The second-order valence-electron chi connectivity index (χ2n) is 6.88. The molecule has 1 amide bonds. The van der Waals surface area contributed by atoms with Gasteiger partial charge < -0.3 is 9.64 Å². The van der Waals surface area contributed by atoms with Crippen molar-refractivity contribution in [2.75, 3.05) is 31.1 Å². The fourth-order valence-electron chi connectivity index (χ4n) is 3.70. The van der Waals surface area contributed by atoms with Crippen LogP contribution in [0.2, 0.25) is 0 Å². The van der Waals surface area contributed by atoms with Crippen LogP contribution in [0.3, 0.4) is 0 Å². The summed E-state index contributed by atoms with van der Waals surface area (Å²) in [7, 11) is 0. The summed E-state index contributed by atoms with van der Waals surface area (Å²) in [6.45, 7) is 3.63. The second kappa shape index (κ2) is 6.94. The molecule has 0 bridgehead atoms. The lowest BCUT2D eigenvalue weighted by atomic mass is 9.89. The van der Waals surface area contributed by atoms with Crippen molar-refractivity contribution < 1.29 is 9.53 Å². The van der Waals surface area contributed by atoms with Gasteiger partial charge in [-0.25, -0.2) is 0 Å². The van der Waals surface area contributed by atoms with Crippen LogP contribution in [-0.2, 0) is 16.1 Å². The molecule has 0 saturated carbocycles. The monoisotopic (exact) mass is 337 g/mol. The number of hydrogen-bond donors (Lipinski definition) is 0. The Balaban J connectivity index is 1.41. The van der Waals surface area contributed by atoms with Gasteiger partial charge in [-0.1, -0.05) is 24.3 Å². The van der Waals surface area contributed by atoms with E-state index in [9.17, 15) is 4.79 Å². The summed E-state index contributed by atoms with van der Waals surface area (Å²) in [4.78, 5) is 21.0. The number of likely N-dealkylation sites (tertiary alicyclic amines) is 1. The second-order valence-corrected chi connectivity index (χ2v) is 6.88. The Hall–Kier alpha value is -2.24. The molecule has 0 radical (unpaired) electrons. The fraction of sp³-hybridized carbons (Fsp3) is 0.400. The molecule has 0 N–H and O–H groups in total. The number of hydrogen-bond acceptors (Lipinski definition) is 4. The Morgan fingerprint density at radius 2 is 1.80 bits per heavy atom. The Labute approximate surface area is 148 Å². The Morgan fingerprint density at radius 1 is 1.04 bits per heavy atom. The quantitative estimate of drug-likeness (QED) is 0.863. The predicted octanol–water partition coefficient (Wildman–Crippen LogP) is 2.48. The van der Waals surface area contributed by atoms with E-state index in [1.165, 1.54) is 0 Å². The molecule has 1 spiro atoms. The summed E-state index contributed by atoms with van der Waals surface area (Å²) in [5, 5.41) is 0. The van der Waals surface area contributed by atoms with Gasteiger partial charge in [0.25, 0.3) is 5.91 Å². The smallest absolute Gasteiger partial charge is 0.253 e. The third-order valence-corrected chi connectivity index (χ3v) is 5.20. The number of benzene rings is 1. The van der Waals surface area contributed by atoms with Crippen molar-refractivity contribution in [2.24, 2.45) is 0 Å². The van der Waals surface area contributed by atoms with Crippen LogP contribution in [0.15, 0.2) is 54.7 Å². The number of nitrogens with zero attached hydrogens (tertiary/aromatic N) is 3. The van der Waals surface area contributed by atoms with Gasteiger partial charge in [0.15, 0.2) is 0 Å². The minimum Gasteiger partial charge on any atom is -0.363 e. The maximum Gasteiger partial charge on any atom is 0.253 e. The number of ether oxygens (including phenoxy) is 1. The zero-order valence-corrected chi connectivity index (χ0v) is 14.3. The van der Waals surface area contributed by atoms with Crippen LogP contribution in [0.5, 0.6) is 0 Å². The molecule has 2 aliphatic heterocycles. The first kappa shape index (κ1) is 16.2. The van der Waals surface area contributed by atoms with Crippen molar-refractivity contribution in [3.05, 3.63) is 60.4 Å². The molecule has 0 unspecified atom stereocenters. The van der Waals surface area contributed by atoms with Crippen LogP contribution in [0.25, 0.3) is 0 Å². The fourth-order valence-corrected chi connectivity index (χ4v) is 3.70. The van der Waals surface area contributed by atoms with Crippen molar-refractivity contribution in [3.63, 3.8) is 0 Å². The highest BCUT2D eigenvalue weighted by atomic mass is 16.5. The standard InChI is InChI=1S/C20H23N3O2/c24-19-15-25-20(16-23(19)18-7-2-1-3-8-18)9-12-22(13-10-20)14-17-6-4-5-11-21-17/h1-8,11H,9-10,12-16H2. The molecule has 2 saturated heterocycles. The minimum atomic E-state index is -0.218. The summed E-state index contributed by atoms with van der Waals surface area (Å²) < 4.78 is 6.04. The molecule has 0 aliphatic carbocycles. The molecule has 2 fully saturated rings. The number of pyridine rings is 1. The molecule has 25 heavy (non-hydrogen) atoms. The largest absolute Gasteiger partial charge is 0.363 e. The van der Waals surface area contributed by atoms with Gasteiger partial charge in [0.05, 0.1) is 17.8 Å². The van der Waals surface area contributed by atoms with Crippen LogP contribution >= 0.6 is 0 Å². The summed E-state index contributed by atoms with van der Waals surface area (Å²) in [6, 6.07) is 15.9. The first-order valence-corrected chi connectivity index (χ1v) is 8.86. The van der Waals surface area contributed by atoms with Gasteiger partial charge in [-0.15, -0.1) is 0 Å². The van der Waals surface area contributed by atoms with Gasteiger partial charge in [0.2, 0.25) is 0 Å². The van der Waals surface area contributed by atoms with Crippen molar-refractivity contribution in [1.29, 1.82) is 0 Å². The van der Waals surface area contributed by atoms with Crippen molar-refractivity contribution in [3.8, 4) is 0 Å². The summed E-state index contributed by atoms with van der Waals surface area (Å²) in [5.74, 6) is 0.0488. The number of amides is 1. The summed E-state index contributed by atoms with van der Waals surface area (Å²) >= 11 is 0. The molecule has 3 heterocycles. The third-order valence-electron chi connectivity index (χ3n) is 5.20. The van der Waals surface area contributed by atoms with E-state index >= 15 is 0 Å². The van der Waals surface area contributed by atoms with Crippen molar-refractivity contribution in [1.82, 2.24) is 9.88 Å². The minimum absolute atomic E-state index is 0.0488. The molecule has 0 atom stereocenters. The molecule has 130 valence electrons. The zero-order chi connectivity index (χ0) is 17.1. The number of anilines is 1. The molecule has 1 aromatic heterocycles. The van der Waals surface area contributed by atoms with Gasteiger partial charge >= 0.3 is 0 Å². The van der Waals surface area contributed by atoms with Crippen molar-refractivity contribution in [2.45, 2.75) is 25.0 Å². The Bertz CT molecular complexity index is 712. The van der Waals surface area contributed by atoms with E-state index < -0.39 is 0 Å². The zero-order valence-electron chi connectivity index (χ0n) is 14.3. The number of para-hydroxylation sites is 1. The average Bonchev–Trinajstić information content (AvgIpc) is 2.67. The van der Waals surface area contributed by atoms with Crippen LogP contribution in [0.4, 0.5) is 5.69 Å². The number of rotatable bonds is 3. The van der Waals surface area contributed by atoms with Gasteiger partial charge in [-0.2, -0.15) is 0 Å². The lowest BCUT2D eigenvalue weighted by molar-refractivity contribution is -0.145. The molecule has 2 aliphatic rings. The lowest BCUT2D eigenvalue weighted by Crippen LogP contribution is -2.58. The Morgan fingerprint density at radius 3 is 2.52 bits per heavy atom. The molecule has 4 rings (SSSR count). The van der Waals surface area contributed by atoms with Gasteiger partial charge in [-0.3, -0.25) is 14.7 Å². The van der Waals surface area contributed by atoms with E-state index in [1.54, 1.807) is 0 Å². The number of carbonyl (C=O) groups is 1. The predicted molar refractivity (Wildman–Crippen MR) is 96.2 cm³/mol. The molecule has 2 aromatic rings. The molecule has 5 heteroatoms. The third kappa shape index (κ3) is 3.57. The first-order chi connectivity index (χ1) is 12.2. The normalized spacial score (nSPS) is 20.8. The molecule has 1 aromatic carbocycles. The van der Waals surface area contributed by atoms with Crippen LogP contribution in [0.1, 0.15) is 18.5 Å². The molecular formula is C20H23N3O2. The van der Waals surface area contributed by atoms with E-state index in [4.69, 9.17) is 4.74 Å². The van der Waals surface area contributed by atoms with E-state index in [-0.39, 0.29) is 18.1 Å².